The summed E-state index contributed by atoms with van der Waals surface area (Å²) in [6, 6.07) is 9.91. The molecule has 166 valence electrons. The molecule has 8 heteroatoms. The van der Waals surface area contributed by atoms with E-state index in [-0.39, 0.29) is 10.8 Å². The van der Waals surface area contributed by atoms with Gasteiger partial charge >= 0.3 is 0 Å². The Morgan fingerprint density at radius 2 is 1.58 bits per heavy atom. The third-order valence-corrected chi connectivity index (χ3v) is 9.20. The minimum Gasteiger partial charge on any atom is -0.493 e. The average molecular weight is 464 g/mol. The fraction of sp³-hybridized carbons (Fsp3) is 0.435. The van der Waals surface area contributed by atoms with Crippen molar-refractivity contribution in [3.05, 3.63) is 52.5 Å². The first-order valence-corrected chi connectivity index (χ1v) is 12.2. The normalized spacial score (nSPS) is 17.8. The van der Waals surface area contributed by atoms with Crippen LogP contribution in [0.25, 0.3) is 0 Å². The van der Waals surface area contributed by atoms with Crippen molar-refractivity contribution in [1.82, 2.24) is 4.90 Å². The van der Waals surface area contributed by atoms with E-state index >= 15 is 0 Å². The van der Waals surface area contributed by atoms with Gasteiger partial charge in [-0.25, -0.2) is 8.42 Å². The van der Waals surface area contributed by atoms with Crippen LogP contribution in [-0.2, 0) is 27.6 Å². The van der Waals surface area contributed by atoms with Gasteiger partial charge in [-0.15, -0.1) is 0 Å². The number of amides is 1. The van der Waals surface area contributed by atoms with Crippen LogP contribution in [0.2, 0.25) is 5.02 Å². The van der Waals surface area contributed by atoms with E-state index < -0.39 is 14.6 Å². The third kappa shape index (κ3) is 3.68. The van der Waals surface area contributed by atoms with Crippen LogP contribution in [0.15, 0.2) is 41.3 Å². The van der Waals surface area contributed by atoms with Crippen molar-refractivity contribution in [1.29, 1.82) is 0 Å². The molecule has 1 heterocycles. The zero-order chi connectivity index (χ0) is 22.2. The molecule has 0 spiro atoms. The molecule has 1 saturated carbocycles. The van der Waals surface area contributed by atoms with Crippen molar-refractivity contribution in [2.75, 3.05) is 20.8 Å². The van der Waals surface area contributed by atoms with E-state index in [0.29, 0.717) is 61.7 Å². The number of nitrogens with zero attached hydrogens (tertiary/aromatic N) is 1. The lowest BCUT2D eigenvalue weighted by molar-refractivity contribution is -0.134. The Kier molecular flexibility index (Phi) is 5.92. The van der Waals surface area contributed by atoms with Crippen molar-refractivity contribution in [2.24, 2.45) is 0 Å². The van der Waals surface area contributed by atoms with Crippen LogP contribution in [0.5, 0.6) is 11.5 Å². The van der Waals surface area contributed by atoms with Crippen LogP contribution >= 0.6 is 11.6 Å². The second-order valence-corrected chi connectivity index (χ2v) is 10.8. The molecule has 0 radical (unpaired) electrons. The summed E-state index contributed by atoms with van der Waals surface area (Å²) in [4.78, 5) is 15.6. The van der Waals surface area contributed by atoms with Crippen molar-refractivity contribution < 1.29 is 22.7 Å². The van der Waals surface area contributed by atoms with Crippen LogP contribution in [-0.4, -0.2) is 44.7 Å². The predicted octanol–water partition coefficient (Wildman–Crippen LogP) is 4.03. The monoisotopic (exact) mass is 463 g/mol. The molecular weight excluding hydrogens is 438 g/mol. The minimum absolute atomic E-state index is 0.149. The van der Waals surface area contributed by atoms with Crippen LogP contribution in [0.1, 0.15) is 36.8 Å². The Morgan fingerprint density at radius 3 is 2.16 bits per heavy atom. The molecule has 2 aromatic rings. The van der Waals surface area contributed by atoms with E-state index in [9.17, 15) is 13.2 Å². The molecular formula is C23H26ClNO5S. The molecule has 6 nitrogen and oxygen atoms in total. The maximum Gasteiger partial charge on any atom is 0.244 e. The van der Waals surface area contributed by atoms with Gasteiger partial charge in [-0.3, -0.25) is 4.79 Å². The van der Waals surface area contributed by atoms with Crippen LogP contribution in [0, 0.1) is 0 Å². The van der Waals surface area contributed by atoms with Gasteiger partial charge in [0.1, 0.15) is 0 Å². The SMILES string of the molecule is COc1cc2c(cc1OC)CN(C(=O)C1(S(=O)(=O)c3ccc(Cl)cc3)CCCC1)CC2. The molecule has 0 aromatic heterocycles. The number of rotatable bonds is 5. The van der Waals surface area contributed by atoms with Gasteiger partial charge in [0.2, 0.25) is 5.91 Å². The molecule has 2 aliphatic rings. The fourth-order valence-electron chi connectivity index (χ4n) is 4.73. The molecule has 0 saturated heterocycles. The van der Waals surface area contributed by atoms with Gasteiger partial charge in [0.25, 0.3) is 0 Å². The third-order valence-electron chi connectivity index (χ3n) is 6.44. The Bertz CT molecular complexity index is 1090. The Hall–Kier alpha value is -2.25. The van der Waals surface area contributed by atoms with Crippen molar-refractivity contribution in [2.45, 2.75) is 48.3 Å². The molecule has 31 heavy (non-hydrogen) atoms. The van der Waals surface area contributed by atoms with Crippen molar-refractivity contribution in [3.63, 3.8) is 0 Å². The topological polar surface area (TPSA) is 72.9 Å². The Labute approximate surface area is 188 Å². The highest BCUT2D eigenvalue weighted by molar-refractivity contribution is 7.93. The second kappa shape index (κ2) is 8.36. The molecule has 0 atom stereocenters. The molecule has 0 unspecified atom stereocenters. The van der Waals surface area contributed by atoms with E-state index in [4.69, 9.17) is 21.1 Å². The highest BCUT2D eigenvalue weighted by atomic mass is 35.5. The predicted molar refractivity (Wildman–Crippen MR) is 119 cm³/mol. The van der Waals surface area contributed by atoms with Crippen LogP contribution < -0.4 is 9.47 Å². The molecule has 1 amide bonds. The molecule has 1 aliphatic carbocycles. The molecule has 2 aromatic carbocycles. The highest BCUT2D eigenvalue weighted by Crippen LogP contribution is 2.43. The zero-order valence-electron chi connectivity index (χ0n) is 17.7. The number of hydrogen-bond acceptors (Lipinski definition) is 5. The molecule has 4 rings (SSSR count). The van der Waals surface area contributed by atoms with E-state index in [1.54, 1.807) is 31.3 Å². The van der Waals surface area contributed by atoms with E-state index in [0.717, 1.165) is 11.1 Å². The maximum atomic E-state index is 13.8. The smallest absolute Gasteiger partial charge is 0.244 e. The Balaban J connectivity index is 1.68. The van der Waals surface area contributed by atoms with Gasteiger partial charge in [0.15, 0.2) is 26.1 Å². The highest BCUT2D eigenvalue weighted by Gasteiger charge is 2.54. The number of carbonyl (C=O) groups excluding carboxylic acids is 1. The molecule has 1 fully saturated rings. The number of halogens is 1. The number of benzene rings is 2. The number of fused-ring (bicyclic) bond motifs is 1. The van der Waals surface area contributed by atoms with Crippen LogP contribution in [0.4, 0.5) is 0 Å². The Morgan fingerprint density at radius 1 is 1.00 bits per heavy atom. The van der Waals surface area contributed by atoms with Gasteiger partial charge in [-0.1, -0.05) is 24.4 Å². The number of hydrogen-bond donors (Lipinski definition) is 0. The summed E-state index contributed by atoms with van der Waals surface area (Å²) in [6.45, 7) is 0.825. The number of ether oxygens (including phenoxy) is 2. The summed E-state index contributed by atoms with van der Waals surface area (Å²) in [5.41, 5.74) is 2.04. The van der Waals surface area contributed by atoms with Gasteiger partial charge in [-0.2, -0.15) is 0 Å². The number of methoxy groups -OCH3 is 2. The number of sulfone groups is 1. The summed E-state index contributed by atoms with van der Waals surface area (Å²) in [5, 5.41) is 0.461. The largest absolute Gasteiger partial charge is 0.493 e. The average Bonchev–Trinajstić information content (AvgIpc) is 3.29. The van der Waals surface area contributed by atoms with E-state index in [2.05, 4.69) is 0 Å². The molecule has 0 bridgehead atoms. The zero-order valence-corrected chi connectivity index (χ0v) is 19.3. The summed E-state index contributed by atoms with van der Waals surface area (Å²) in [7, 11) is -0.698. The van der Waals surface area contributed by atoms with Crippen LogP contribution in [0.3, 0.4) is 0 Å². The van der Waals surface area contributed by atoms with E-state index in [1.807, 2.05) is 12.1 Å². The number of carbonyl (C=O) groups is 1. The van der Waals surface area contributed by atoms with Gasteiger partial charge in [0.05, 0.1) is 19.1 Å². The summed E-state index contributed by atoms with van der Waals surface area (Å²) >= 11 is 5.95. The standard InChI is InChI=1S/C23H26ClNO5S/c1-29-20-13-16-9-12-25(15-17(16)14-21(20)30-2)22(26)23(10-3-4-11-23)31(27,28)19-7-5-18(24)6-8-19/h5-8,13-14H,3-4,9-12,15H2,1-2H3. The molecule has 1 aliphatic heterocycles. The van der Waals surface area contributed by atoms with Crippen molar-refractivity contribution >= 4 is 27.3 Å². The van der Waals surface area contributed by atoms with Crippen molar-refractivity contribution in [3.8, 4) is 11.5 Å². The van der Waals surface area contributed by atoms with Gasteiger partial charge < -0.3 is 14.4 Å². The maximum absolute atomic E-state index is 13.8. The summed E-state index contributed by atoms with van der Waals surface area (Å²) in [5.74, 6) is 0.943. The first kappa shape index (κ1) is 22.0. The van der Waals surface area contributed by atoms with Gasteiger partial charge in [0, 0.05) is 18.1 Å². The fourth-order valence-corrected chi connectivity index (χ4v) is 6.98. The summed E-state index contributed by atoms with van der Waals surface area (Å²) < 4.78 is 36.7. The molecule has 0 N–H and O–H groups in total. The first-order valence-electron chi connectivity index (χ1n) is 10.4. The first-order chi connectivity index (χ1) is 14.8. The minimum atomic E-state index is -3.86. The second-order valence-electron chi connectivity index (χ2n) is 8.11. The van der Waals surface area contributed by atoms with E-state index in [1.165, 1.54) is 12.1 Å². The lowest BCUT2D eigenvalue weighted by Gasteiger charge is -2.37. The lowest BCUT2D eigenvalue weighted by atomic mass is 9.96. The summed E-state index contributed by atoms with van der Waals surface area (Å²) in [6.07, 6.45) is 2.75. The lowest BCUT2D eigenvalue weighted by Crippen LogP contribution is -2.53. The van der Waals surface area contributed by atoms with Gasteiger partial charge in [-0.05, 0) is 66.8 Å². The quantitative estimate of drug-likeness (QED) is 0.669.